The van der Waals surface area contributed by atoms with Crippen LogP contribution in [0.2, 0.25) is 0 Å². The van der Waals surface area contributed by atoms with Gasteiger partial charge in [0, 0.05) is 19.3 Å². The minimum atomic E-state index is -3.50. The van der Waals surface area contributed by atoms with Gasteiger partial charge in [0.05, 0.1) is 17.5 Å². The Balaban J connectivity index is 2.44. The van der Waals surface area contributed by atoms with Crippen molar-refractivity contribution in [2.45, 2.75) is 31.2 Å². The summed E-state index contributed by atoms with van der Waals surface area (Å²) in [4.78, 5) is 0.358. The molecule has 1 saturated heterocycles. The van der Waals surface area contributed by atoms with Crippen molar-refractivity contribution in [2.24, 2.45) is 0 Å². The molecule has 2 rings (SSSR count). The van der Waals surface area contributed by atoms with Crippen molar-refractivity contribution in [2.75, 3.05) is 26.0 Å². The van der Waals surface area contributed by atoms with Crippen molar-refractivity contribution >= 4 is 15.7 Å². The van der Waals surface area contributed by atoms with Crippen LogP contribution in [0.5, 0.6) is 0 Å². The number of aryl methyl sites for hydroxylation is 2. The van der Waals surface area contributed by atoms with E-state index in [0.29, 0.717) is 34.9 Å². The van der Waals surface area contributed by atoms with Crippen LogP contribution in [0.1, 0.15) is 17.5 Å². The van der Waals surface area contributed by atoms with Crippen molar-refractivity contribution in [1.29, 1.82) is 0 Å². The van der Waals surface area contributed by atoms with Gasteiger partial charge in [-0.2, -0.15) is 4.31 Å². The topological polar surface area (TPSA) is 72.6 Å². The lowest BCUT2D eigenvalue weighted by atomic mass is 10.1. The van der Waals surface area contributed by atoms with Crippen molar-refractivity contribution in [3.8, 4) is 0 Å². The molecule has 1 unspecified atom stereocenters. The number of sulfonamides is 1. The van der Waals surface area contributed by atoms with Crippen molar-refractivity contribution in [3.05, 3.63) is 23.3 Å². The predicted octanol–water partition coefficient (Wildman–Crippen LogP) is 1.30. The van der Waals surface area contributed by atoms with Gasteiger partial charge in [-0.25, -0.2) is 8.42 Å². The maximum atomic E-state index is 12.7. The molecule has 1 aliphatic rings. The Morgan fingerprint density at radius 3 is 2.37 bits per heavy atom. The summed E-state index contributed by atoms with van der Waals surface area (Å²) in [5.74, 6) is 0. The van der Waals surface area contributed by atoms with Crippen LogP contribution in [-0.4, -0.2) is 39.0 Å². The number of likely N-dealkylation sites (N-methyl/N-ethyl adjacent to an activating group) is 1. The number of rotatable bonds is 3. The summed E-state index contributed by atoms with van der Waals surface area (Å²) in [7, 11) is -1.89. The van der Waals surface area contributed by atoms with E-state index in [1.54, 1.807) is 33.0 Å². The molecule has 0 saturated carbocycles. The number of nitrogen functional groups attached to an aromatic ring is 1. The number of anilines is 1. The highest BCUT2D eigenvalue weighted by Gasteiger charge is 2.32. The SMILES string of the molecule is Cc1cc(N)cc(C)c1S(=O)(=O)N(C)C1CCOC1. The first kappa shape index (κ1) is 14.3. The Kier molecular flexibility index (Phi) is 3.85. The molecule has 0 aromatic heterocycles. The highest BCUT2D eigenvalue weighted by molar-refractivity contribution is 7.89. The van der Waals surface area contributed by atoms with Gasteiger partial charge >= 0.3 is 0 Å². The Morgan fingerprint density at radius 2 is 1.89 bits per heavy atom. The summed E-state index contributed by atoms with van der Waals surface area (Å²) in [6, 6.07) is 3.30. The lowest BCUT2D eigenvalue weighted by molar-refractivity contribution is 0.181. The van der Waals surface area contributed by atoms with E-state index in [2.05, 4.69) is 0 Å². The van der Waals surface area contributed by atoms with Crippen LogP contribution in [0.15, 0.2) is 17.0 Å². The second-order valence-electron chi connectivity index (χ2n) is 5.02. The molecular weight excluding hydrogens is 264 g/mol. The zero-order chi connectivity index (χ0) is 14.2. The fourth-order valence-electron chi connectivity index (χ4n) is 2.54. The van der Waals surface area contributed by atoms with Gasteiger partial charge in [0.15, 0.2) is 0 Å². The van der Waals surface area contributed by atoms with Gasteiger partial charge in [-0.05, 0) is 43.5 Å². The average Bonchev–Trinajstić information content (AvgIpc) is 2.78. The molecule has 1 aromatic carbocycles. The Labute approximate surface area is 114 Å². The third-order valence-electron chi connectivity index (χ3n) is 3.54. The van der Waals surface area contributed by atoms with Crippen LogP contribution < -0.4 is 5.73 Å². The molecule has 1 atom stereocenters. The zero-order valence-corrected chi connectivity index (χ0v) is 12.3. The number of nitrogens with two attached hydrogens (primary N) is 1. The summed E-state index contributed by atoms with van der Waals surface area (Å²) in [5, 5.41) is 0. The van der Waals surface area contributed by atoms with E-state index in [4.69, 9.17) is 10.5 Å². The Hall–Kier alpha value is -1.11. The van der Waals surface area contributed by atoms with Crippen LogP contribution in [0, 0.1) is 13.8 Å². The van der Waals surface area contributed by atoms with Crippen molar-refractivity contribution < 1.29 is 13.2 Å². The molecule has 1 aliphatic heterocycles. The lowest BCUT2D eigenvalue weighted by Gasteiger charge is -2.24. The molecular formula is C13H20N2O3S. The zero-order valence-electron chi connectivity index (χ0n) is 11.5. The highest BCUT2D eigenvalue weighted by atomic mass is 32.2. The van der Waals surface area contributed by atoms with E-state index < -0.39 is 10.0 Å². The summed E-state index contributed by atoms with van der Waals surface area (Å²) in [6.07, 6.45) is 0.739. The monoisotopic (exact) mass is 284 g/mol. The Bertz CT molecular complexity index is 555. The van der Waals surface area contributed by atoms with Gasteiger partial charge in [-0.3, -0.25) is 0 Å². The first-order valence-corrected chi connectivity index (χ1v) is 7.70. The third kappa shape index (κ3) is 2.61. The van der Waals surface area contributed by atoms with Gasteiger partial charge < -0.3 is 10.5 Å². The minimum absolute atomic E-state index is 0.0821. The van der Waals surface area contributed by atoms with Crippen LogP contribution in [0.3, 0.4) is 0 Å². The van der Waals surface area contributed by atoms with Gasteiger partial charge in [0.25, 0.3) is 0 Å². The van der Waals surface area contributed by atoms with Crippen molar-refractivity contribution in [3.63, 3.8) is 0 Å². The van der Waals surface area contributed by atoms with Gasteiger partial charge in [0.2, 0.25) is 10.0 Å². The maximum absolute atomic E-state index is 12.7. The quantitative estimate of drug-likeness (QED) is 0.849. The molecule has 0 bridgehead atoms. The molecule has 106 valence electrons. The second-order valence-corrected chi connectivity index (χ2v) is 6.96. The molecule has 0 aliphatic carbocycles. The maximum Gasteiger partial charge on any atom is 0.243 e. The van der Waals surface area contributed by atoms with Crippen LogP contribution in [-0.2, 0) is 14.8 Å². The van der Waals surface area contributed by atoms with Gasteiger partial charge in [0.1, 0.15) is 0 Å². The molecule has 2 N–H and O–H groups in total. The summed E-state index contributed by atoms with van der Waals surface area (Å²) in [5.41, 5.74) is 7.69. The van der Waals surface area contributed by atoms with E-state index in [9.17, 15) is 8.42 Å². The largest absolute Gasteiger partial charge is 0.399 e. The first-order valence-electron chi connectivity index (χ1n) is 6.26. The molecule has 1 aromatic rings. The fourth-order valence-corrected chi connectivity index (χ4v) is 4.32. The summed E-state index contributed by atoms with van der Waals surface area (Å²) < 4.78 is 32.1. The molecule has 1 heterocycles. The smallest absolute Gasteiger partial charge is 0.243 e. The molecule has 19 heavy (non-hydrogen) atoms. The fraction of sp³-hybridized carbons (Fsp3) is 0.538. The van der Waals surface area contributed by atoms with E-state index in [1.807, 2.05) is 0 Å². The van der Waals surface area contributed by atoms with E-state index in [0.717, 1.165) is 6.42 Å². The Morgan fingerprint density at radius 1 is 1.32 bits per heavy atom. The number of nitrogens with zero attached hydrogens (tertiary/aromatic N) is 1. The van der Waals surface area contributed by atoms with E-state index in [-0.39, 0.29) is 6.04 Å². The standard InChI is InChI=1S/C13H20N2O3S/c1-9-6-11(14)7-10(2)13(9)19(16,17)15(3)12-4-5-18-8-12/h6-7,12H,4-5,8,14H2,1-3H3. The van der Waals surface area contributed by atoms with Crippen LogP contribution in [0.4, 0.5) is 5.69 Å². The molecule has 5 nitrogen and oxygen atoms in total. The number of benzene rings is 1. The van der Waals surface area contributed by atoms with E-state index >= 15 is 0 Å². The average molecular weight is 284 g/mol. The molecule has 0 amide bonds. The molecule has 0 radical (unpaired) electrons. The van der Waals surface area contributed by atoms with Crippen LogP contribution in [0.25, 0.3) is 0 Å². The van der Waals surface area contributed by atoms with Gasteiger partial charge in [-0.1, -0.05) is 0 Å². The predicted molar refractivity (Wildman–Crippen MR) is 74.5 cm³/mol. The molecule has 0 spiro atoms. The van der Waals surface area contributed by atoms with Crippen LogP contribution >= 0.6 is 0 Å². The second kappa shape index (κ2) is 5.11. The minimum Gasteiger partial charge on any atom is -0.399 e. The normalized spacial score (nSPS) is 20.1. The third-order valence-corrected chi connectivity index (χ3v) is 5.76. The number of hydrogen-bond acceptors (Lipinski definition) is 4. The van der Waals surface area contributed by atoms with E-state index in [1.165, 1.54) is 4.31 Å². The number of hydrogen-bond donors (Lipinski definition) is 1. The van der Waals surface area contributed by atoms with Crippen molar-refractivity contribution in [1.82, 2.24) is 4.31 Å². The lowest BCUT2D eigenvalue weighted by Crippen LogP contribution is -2.38. The number of ether oxygens (including phenoxy) is 1. The highest BCUT2D eigenvalue weighted by Crippen LogP contribution is 2.28. The summed E-state index contributed by atoms with van der Waals surface area (Å²) in [6.45, 7) is 4.62. The summed E-state index contributed by atoms with van der Waals surface area (Å²) >= 11 is 0. The van der Waals surface area contributed by atoms with Gasteiger partial charge in [-0.15, -0.1) is 0 Å². The first-order chi connectivity index (χ1) is 8.84. The molecule has 1 fully saturated rings. The molecule has 6 heteroatoms.